The van der Waals surface area contributed by atoms with Crippen LogP contribution in [0.25, 0.3) is 5.65 Å². The lowest BCUT2D eigenvalue weighted by Gasteiger charge is -2.32. The van der Waals surface area contributed by atoms with E-state index in [1.165, 1.54) is 6.07 Å². The molecule has 1 N–H and O–H groups in total. The average molecular weight is 455 g/mol. The van der Waals surface area contributed by atoms with Crippen molar-refractivity contribution in [2.45, 2.75) is 31.9 Å². The first-order chi connectivity index (χ1) is 15.4. The van der Waals surface area contributed by atoms with Crippen molar-refractivity contribution < 1.29 is 22.7 Å². The monoisotopic (exact) mass is 455 g/mol. The molecule has 0 unspecified atom stereocenters. The van der Waals surface area contributed by atoms with E-state index in [0.717, 1.165) is 50.2 Å². The smallest absolute Gasteiger partial charge is 0.379 e. The first kappa shape index (κ1) is 22.7. The third-order valence-corrected chi connectivity index (χ3v) is 6.00. The number of carbonyl (C=O) groups excluding carboxylic acids is 1. The van der Waals surface area contributed by atoms with Crippen LogP contribution in [0.3, 0.4) is 0 Å². The van der Waals surface area contributed by atoms with Gasteiger partial charge in [-0.1, -0.05) is 0 Å². The predicted octanol–water partition coefficient (Wildman–Crippen LogP) is 1.59. The number of hydrogen-bond acceptors (Lipinski definition) is 7. The minimum Gasteiger partial charge on any atom is -0.379 e. The topological polar surface area (TPSA) is 87.9 Å². The Balaban J connectivity index is 1.22. The van der Waals surface area contributed by atoms with Crippen molar-refractivity contribution in [1.82, 2.24) is 30.0 Å². The Morgan fingerprint density at radius 2 is 1.84 bits per heavy atom. The Kier molecular flexibility index (Phi) is 7.09. The second kappa shape index (κ2) is 9.99. The lowest BCUT2D eigenvalue weighted by atomic mass is 9.96. The van der Waals surface area contributed by atoms with Gasteiger partial charge in [0, 0.05) is 38.6 Å². The van der Waals surface area contributed by atoms with E-state index in [1.807, 2.05) is 4.90 Å². The van der Waals surface area contributed by atoms with Crippen molar-refractivity contribution in [3.05, 3.63) is 18.0 Å². The number of piperidine rings is 1. The molecule has 4 rings (SSSR count). The van der Waals surface area contributed by atoms with Crippen LogP contribution in [-0.4, -0.2) is 83.1 Å². The zero-order chi connectivity index (χ0) is 22.6. The number of morpholine rings is 1. The molecule has 0 spiro atoms. The summed E-state index contributed by atoms with van der Waals surface area (Å²) < 4.78 is 45.3. The van der Waals surface area contributed by atoms with Gasteiger partial charge in [0.1, 0.15) is 5.82 Å². The molecule has 0 radical (unpaired) electrons. The summed E-state index contributed by atoms with van der Waals surface area (Å²) in [7, 11) is 0. The van der Waals surface area contributed by atoms with Gasteiger partial charge in [0.2, 0.25) is 5.91 Å². The number of hydrogen-bond donors (Lipinski definition) is 1. The van der Waals surface area contributed by atoms with E-state index in [4.69, 9.17) is 4.74 Å². The highest BCUT2D eigenvalue weighted by Gasteiger charge is 2.38. The summed E-state index contributed by atoms with van der Waals surface area (Å²) in [5.41, 5.74) is 0.0453. The number of unbranched alkanes of at least 4 members (excludes halogenated alkanes) is 1. The first-order valence-electron chi connectivity index (χ1n) is 11.0. The second-order valence-corrected chi connectivity index (χ2v) is 8.20. The number of fused-ring (bicyclic) bond motifs is 1. The quantitative estimate of drug-likeness (QED) is 0.635. The Morgan fingerprint density at radius 3 is 2.56 bits per heavy atom. The fraction of sp³-hybridized carbons (Fsp3) is 0.700. The Hall–Kier alpha value is -2.47. The van der Waals surface area contributed by atoms with Crippen LogP contribution in [0.15, 0.2) is 12.1 Å². The van der Waals surface area contributed by atoms with Gasteiger partial charge in [-0.15, -0.1) is 15.3 Å². The number of aromatic nitrogens is 4. The van der Waals surface area contributed by atoms with E-state index >= 15 is 0 Å². The summed E-state index contributed by atoms with van der Waals surface area (Å²) in [6, 6.07) is 3.11. The summed E-state index contributed by atoms with van der Waals surface area (Å²) in [5.74, 6) is -0.755. The Labute approximate surface area is 183 Å². The SMILES string of the molecule is O=C(NCCCCN1CCOCC1)C1CCN(c2ccc3nnc(C(F)(F)F)n3n2)CC1. The first-order valence-corrected chi connectivity index (χ1v) is 11.0. The Bertz CT molecular complexity index is 906. The van der Waals surface area contributed by atoms with Gasteiger partial charge < -0.3 is 15.0 Å². The highest BCUT2D eigenvalue weighted by atomic mass is 19.4. The number of ether oxygens (including phenoxy) is 1. The molecule has 4 heterocycles. The normalized spacial score (nSPS) is 18.9. The lowest BCUT2D eigenvalue weighted by Crippen LogP contribution is -2.41. The number of nitrogens with one attached hydrogen (secondary N) is 1. The van der Waals surface area contributed by atoms with E-state index in [-0.39, 0.29) is 17.5 Å². The largest absolute Gasteiger partial charge is 0.453 e. The molecule has 1 amide bonds. The number of carbonyl (C=O) groups is 1. The van der Waals surface area contributed by atoms with Crippen LogP contribution >= 0.6 is 0 Å². The van der Waals surface area contributed by atoms with Crippen molar-refractivity contribution in [2.24, 2.45) is 5.92 Å². The summed E-state index contributed by atoms with van der Waals surface area (Å²) in [4.78, 5) is 16.8. The molecule has 32 heavy (non-hydrogen) atoms. The summed E-state index contributed by atoms with van der Waals surface area (Å²) >= 11 is 0. The van der Waals surface area contributed by atoms with Crippen LogP contribution in [0.5, 0.6) is 0 Å². The number of amides is 1. The van der Waals surface area contributed by atoms with Gasteiger partial charge in [-0.2, -0.15) is 17.7 Å². The summed E-state index contributed by atoms with van der Waals surface area (Å²) in [5, 5.41) is 13.8. The van der Waals surface area contributed by atoms with E-state index < -0.39 is 12.0 Å². The molecule has 0 atom stereocenters. The summed E-state index contributed by atoms with van der Waals surface area (Å²) in [6.45, 7) is 6.33. The highest BCUT2D eigenvalue weighted by Crippen LogP contribution is 2.28. The fourth-order valence-corrected chi connectivity index (χ4v) is 4.14. The summed E-state index contributed by atoms with van der Waals surface area (Å²) in [6.07, 6.45) is -1.39. The number of halogens is 3. The number of rotatable bonds is 7. The van der Waals surface area contributed by atoms with Crippen LogP contribution in [0, 0.1) is 5.92 Å². The molecule has 12 heteroatoms. The van der Waals surface area contributed by atoms with Crippen molar-refractivity contribution >= 4 is 17.4 Å². The van der Waals surface area contributed by atoms with Crippen molar-refractivity contribution in [3.8, 4) is 0 Å². The highest BCUT2D eigenvalue weighted by molar-refractivity contribution is 5.78. The van der Waals surface area contributed by atoms with Crippen molar-refractivity contribution in [3.63, 3.8) is 0 Å². The maximum atomic E-state index is 13.1. The van der Waals surface area contributed by atoms with Crippen LogP contribution < -0.4 is 10.2 Å². The van der Waals surface area contributed by atoms with E-state index in [2.05, 4.69) is 25.5 Å². The molecule has 2 aromatic heterocycles. The molecular formula is C20H28F3N7O2. The van der Waals surface area contributed by atoms with Crippen LogP contribution in [0.2, 0.25) is 0 Å². The minimum atomic E-state index is -4.63. The van der Waals surface area contributed by atoms with Gasteiger partial charge in [0.15, 0.2) is 5.65 Å². The molecule has 2 aliphatic rings. The number of alkyl halides is 3. The average Bonchev–Trinajstić information content (AvgIpc) is 3.23. The van der Waals surface area contributed by atoms with Crippen LogP contribution in [0.1, 0.15) is 31.5 Å². The molecular weight excluding hydrogens is 427 g/mol. The van der Waals surface area contributed by atoms with Gasteiger partial charge >= 0.3 is 6.18 Å². The maximum Gasteiger partial charge on any atom is 0.453 e. The molecule has 2 aliphatic heterocycles. The van der Waals surface area contributed by atoms with Crippen molar-refractivity contribution in [2.75, 3.05) is 57.4 Å². The zero-order valence-electron chi connectivity index (χ0n) is 17.9. The molecule has 0 saturated carbocycles. The zero-order valence-corrected chi connectivity index (χ0v) is 17.9. The molecule has 2 saturated heterocycles. The van der Waals surface area contributed by atoms with Crippen molar-refractivity contribution in [1.29, 1.82) is 0 Å². The Morgan fingerprint density at radius 1 is 1.09 bits per heavy atom. The number of nitrogens with zero attached hydrogens (tertiary/aromatic N) is 6. The second-order valence-electron chi connectivity index (χ2n) is 8.20. The molecule has 9 nitrogen and oxygen atoms in total. The van der Waals surface area contributed by atoms with E-state index in [9.17, 15) is 18.0 Å². The maximum absolute atomic E-state index is 13.1. The molecule has 2 aromatic rings. The van der Waals surface area contributed by atoms with Gasteiger partial charge in [-0.3, -0.25) is 9.69 Å². The number of anilines is 1. The molecule has 0 bridgehead atoms. The third kappa shape index (κ3) is 5.47. The van der Waals surface area contributed by atoms with Crippen LogP contribution in [0.4, 0.5) is 19.0 Å². The van der Waals surface area contributed by atoms with E-state index in [1.54, 1.807) is 6.07 Å². The van der Waals surface area contributed by atoms with Gasteiger partial charge in [0.25, 0.3) is 5.82 Å². The lowest BCUT2D eigenvalue weighted by molar-refractivity contribution is -0.146. The predicted molar refractivity (Wildman–Crippen MR) is 110 cm³/mol. The van der Waals surface area contributed by atoms with E-state index in [0.29, 0.717) is 38.3 Å². The molecule has 0 aromatic carbocycles. The molecule has 0 aliphatic carbocycles. The van der Waals surface area contributed by atoms with Crippen LogP contribution in [-0.2, 0) is 15.7 Å². The molecule has 176 valence electrons. The van der Waals surface area contributed by atoms with Gasteiger partial charge in [0.05, 0.1) is 13.2 Å². The minimum absolute atomic E-state index is 0.0453. The fourth-order valence-electron chi connectivity index (χ4n) is 4.14. The third-order valence-electron chi connectivity index (χ3n) is 6.00. The molecule has 2 fully saturated rings. The standard InChI is InChI=1S/C20H28F3N7O2/c21-20(22,23)19-26-25-16-3-4-17(27-30(16)19)29-9-5-15(6-10-29)18(31)24-7-1-2-8-28-11-13-32-14-12-28/h3-4,15H,1-2,5-14H2,(H,24,31). The van der Waals surface area contributed by atoms with Gasteiger partial charge in [-0.25, -0.2) is 0 Å². The van der Waals surface area contributed by atoms with Gasteiger partial charge in [-0.05, 0) is 44.4 Å².